The first-order valence-corrected chi connectivity index (χ1v) is 11.2. The quantitative estimate of drug-likeness (QED) is 0.319. The van der Waals surface area contributed by atoms with Gasteiger partial charge in [0, 0.05) is 6.61 Å². The highest BCUT2D eigenvalue weighted by Gasteiger charge is 2.21. The lowest BCUT2D eigenvalue weighted by Gasteiger charge is -2.28. The summed E-state index contributed by atoms with van der Waals surface area (Å²) in [6.07, 6.45) is 13.7. The van der Waals surface area contributed by atoms with Crippen molar-refractivity contribution in [1.82, 2.24) is 0 Å². The van der Waals surface area contributed by atoms with E-state index < -0.39 is 0 Å². The Morgan fingerprint density at radius 3 is 2.07 bits per heavy atom. The van der Waals surface area contributed by atoms with Gasteiger partial charge in [0.05, 0.1) is 6.61 Å². The number of allylic oxidation sites excluding steroid dienone is 2. The Bertz CT molecular complexity index is 703. The van der Waals surface area contributed by atoms with Crippen molar-refractivity contribution < 1.29 is 4.74 Å². The molecule has 0 amide bonds. The van der Waals surface area contributed by atoms with Gasteiger partial charge in [0.15, 0.2) is 0 Å². The molecule has 0 radical (unpaired) electrons. The normalized spacial score (nSPS) is 19.9. The minimum absolute atomic E-state index is 0.712. The molecule has 1 aliphatic rings. The Morgan fingerprint density at radius 1 is 0.821 bits per heavy atom. The fourth-order valence-corrected chi connectivity index (χ4v) is 4.26. The van der Waals surface area contributed by atoms with E-state index in [1.165, 1.54) is 54.4 Å². The minimum Gasteiger partial charge on any atom is -0.377 e. The van der Waals surface area contributed by atoms with Gasteiger partial charge < -0.3 is 4.74 Å². The third-order valence-corrected chi connectivity index (χ3v) is 6.01. The molecule has 1 fully saturated rings. The maximum atomic E-state index is 5.63. The van der Waals surface area contributed by atoms with Crippen LogP contribution in [0.3, 0.4) is 0 Å². The van der Waals surface area contributed by atoms with Gasteiger partial charge in [-0.05, 0) is 79.0 Å². The number of benzene rings is 2. The molecule has 0 spiro atoms. The Balaban J connectivity index is 1.53. The standard InChI is InChI=1S/C27H36O/c1-3-5-6-7-22-8-12-24(13-9-22)26-16-18-27(19-17-26)25-14-10-23(11-15-25)21-28-20-4-2/h5-6,10-11,14-19,22,24H,3-4,7-9,12-13,20-21H2,1-2H3/b6-5+/t22-,24-. The van der Waals surface area contributed by atoms with Crippen molar-refractivity contribution in [2.24, 2.45) is 5.92 Å². The van der Waals surface area contributed by atoms with Crippen molar-refractivity contribution >= 4 is 0 Å². The topological polar surface area (TPSA) is 9.23 Å². The van der Waals surface area contributed by atoms with E-state index in [0.717, 1.165) is 31.3 Å². The van der Waals surface area contributed by atoms with E-state index in [4.69, 9.17) is 4.74 Å². The molecule has 0 saturated heterocycles. The molecule has 2 aromatic rings. The van der Waals surface area contributed by atoms with Gasteiger partial charge in [-0.25, -0.2) is 0 Å². The summed E-state index contributed by atoms with van der Waals surface area (Å²) in [5.41, 5.74) is 5.37. The highest BCUT2D eigenvalue weighted by molar-refractivity contribution is 5.64. The van der Waals surface area contributed by atoms with Crippen LogP contribution in [0.1, 0.15) is 75.8 Å². The summed E-state index contributed by atoms with van der Waals surface area (Å²) in [7, 11) is 0. The summed E-state index contributed by atoms with van der Waals surface area (Å²) in [6, 6.07) is 18.1. The van der Waals surface area contributed by atoms with Gasteiger partial charge >= 0.3 is 0 Å². The van der Waals surface area contributed by atoms with Gasteiger partial charge in [0.25, 0.3) is 0 Å². The zero-order valence-electron chi connectivity index (χ0n) is 17.7. The Morgan fingerprint density at radius 2 is 1.46 bits per heavy atom. The lowest BCUT2D eigenvalue weighted by Crippen LogP contribution is -2.12. The number of ether oxygens (including phenoxy) is 1. The van der Waals surface area contributed by atoms with Gasteiger partial charge in [-0.15, -0.1) is 0 Å². The molecule has 0 aliphatic heterocycles. The number of hydrogen-bond donors (Lipinski definition) is 0. The SMILES string of the molecule is CC/C=C/C[C@H]1CC[C@H](c2ccc(-c3ccc(COCCC)cc3)cc2)CC1. The van der Waals surface area contributed by atoms with Crippen LogP contribution in [0.5, 0.6) is 0 Å². The largest absolute Gasteiger partial charge is 0.377 e. The maximum absolute atomic E-state index is 5.63. The molecule has 0 heterocycles. The fourth-order valence-electron chi connectivity index (χ4n) is 4.26. The van der Waals surface area contributed by atoms with Gasteiger partial charge in [-0.1, -0.05) is 74.5 Å². The molecule has 28 heavy (non-hydrogen) atoms. The second kappa shape index (κ2) is 11.2. The summed E-state index contributed by atoms with van der Waals surface area (Å²) in [5.74, 6) is 1.65. The van der Waals surface area contributed by atoms with Crippen molar-refractivity contribution in [2.75, 3.05) is 6.61 Å². The van der Waals surface area contributed by atoms with Crippen LogP contribution >= 0.6 is 0 Å². The van der Waals surface area contributed by atoms with E-state index in [1.807, 2.05) is 0 Å². The van der Waals surface area contributed by atoms with E-state index in [1.54, 1.807) is 0 Å². The van der Waals surface area contributed by atoms with Crippen molar-refractivity contribution in [2.45, 2.75) is 71.3 Å². The zero-order chi connectivity index (χ0) is 19.6. The summed E-state index contributed by atoms with van der Waals surface area (Å²) < 4.78 is 5.63. The van der Waals surface area contributed by atoms with E-state index in [9.17, 15) is 0 Å². The van der Waals surface area contributed by atoms with Crippen LogP contribution in [0.4, 0.5) is 0 Å². The number of rotatable bonds is 9. The zero-order valence-corrected chi connectivity index (χ0v) is 17.7. The summed E-state index contributed by atoms with van der Waals surface area (Å²) in [5, 5.41) is 0. The molecular formula is C27H36O. The van der Waals surface area contributed by atoms with Crippen molar-refractivity contribution in [1.29, 1.82) is 0 Å². The van der Waals surface area contributed by atoms with Gasteiger partial charge in [0.1, 0.15) is 0 Å². The molecule has 150 valence electrons. The van der Waals surface area contributed by atoms with E-state index >= 15 is 0 Å². The van der Waals surface area contributed by atoms with Crippen LogP contribution in [0, 0.1) is 5.92 Å². The average Bonchev–Trinajstić information content (AvgIpc) is 2.75. The minimum atomic E-state index is 0.712. The summed E-state index contributed by atoms with van der Waals surface area (Å²) in [6.45, 7) is 5.90. The first-order chi connectivity index (χ1) is 13.8. The summed E-state index contributed by atoms with van der Waals surface area (Å²) in [4.78, 5) is 0. The second-order valence-electron chi connectivity index (χ2n) is 8.20. The van der Waals surface area contributed by atoms with Crippen LogP contribution in [0.2, 0.25) is 0 Å². The molecule has 0 unspecified atom stereocenters. The van der Waals surface area contributed by atoms with E-state index in [0.29, 0.717) is 6.61 Å². The fraction of sp³-hybridized carbons (Fsp3) is 0.481. The van der Waals surface area contributed by atoms with Crippen molar-refractivity contribution in [3.63, 3.8) is 0 Å². The van der Waals surface area contributed by atoms with Gasteiger partial charge in [-0.2, -0.15) is 0 Å². The molecule has 1 nitrogen and oxygen atoms in total. The second-order valence-corrected chi connectivity index (χ2v) is 8.20. The van der Waals surface area contributed by atoms with Crippen LogP contribution in [0.25, 0.3) is 11.1 Å². The Labute approximate surface area is 171 Å². The molecule has 0 aromatic heterocycles. The van der Waals surface area contributed by atoms with Gasteiger partial charge in [0.2, 0.25) is 0 Å². The highest BCUT2D eigenvalue weighted by atomic mass is 16.5. The summed E-state index contributed by atoms with van der Waals surface area (Å²) >= 11 is 0. The predicted octanol–water partition coefficient (Wildman–Crippen LogP) is 7.91. The predicted molar refractivity (Wildman–Crippen MR) is 121 cm³/mol. The third kappa shape index (κ3) is 6.07. The van der Waals surface area contributed by atoms with Crippen molar-refractivity contribution in [3.05, 3.63) is 71.8 Å². The molecule has 1 heteroatoms. The monoisotopic (exact) mass is 376 g/mol. The lowest BCUT2D eigenvalue weighted by molar-refractivity contribution is 0.121. The molecule has 1 aliphatic carbocycles. The molecule has 1 saturated carbocycles. The molecule has 3 rings (SSSR count). The Hall–Kier alpha value is -1.86. The molecule has 0 N–H and O–H groups in total. The lowest BCUT2D eigenvalue weighted by atomic mass is 9.77. The van der Waals surface area contributed by atoms with Crippen LogP contribution in [-0.4, -0.2) is 6.61 Å². The van der Waals surface area contributed by atoms with Crippen LogP contribution in [-0.2, 0) is 11.3 Å². The van der Waals surface area contributed by atoms with E-state index in [2.05, 4.69) is 74.5 Å². The number of hydrogen-bond acceptors (Lipinski definition) is 1. The smallest absolute Gasteiger partial charge is 0.0716 e. The first kappa shape index (κ1) is 20.9. The van der Waals surface area contributed by atoms with Crippen LogP contribution in [0.15, 0.2) is 60.7 Å². The highest BCUT2D eigenvalue weighted by Crippen LogP contribution is 2.37. The molecule has 2 aromatic carbocycles. The molecule has 0 bridgehead atoms. The van der Waals surface area contributed by atoms with E-state index in [-0.39, 0.29) is 0 Å². The Kier molecular flexibility index (Phi) is 8.36. The van der Waals surface area contributed by atoms with Crippen LogP contribution < -0.4 is 0 Å². The first-order valence-electron chi connectivity index (χ1n) is 11.2. The maximum Gasteiger partial charge on any atom is 0.0716 e. The average molecular weight is 377 g/mol. The van der Waals surface area contributed by atoms with Crippen molar-refractivity contribution in [3.8, 4) is 11.1 Å². The molecule has 0 atom stereocenters. The molecular weight excluding hydrogens is 340 g/mol. The van der Waals surface area contributed by atoms with Gasteiger partial charge in [-0.3, -0.25) is 0 Å². The third-order valence-electron chi connectivity index (χ3n) is 6.01.